The highest BCUT2D eigenvalue weighted by Gasteiger charge is 2.09. The van der Waals surface area contributed by atoms with Gasteiger partial charge in [0.2, 0.25) is 0 Å². The lowest BCUT2D eigenvalue weighted by atomic mass is 9.97. The fraction of sp³-hybridized carbons (Fsp3) is 0.133. The second-order valence-electron chi connectivity index (χ2n) is 4.08. The first-order valence-corrected chi connectivity index (χ1v) is 5.91. The molecule has 0 aliphatic carbocycles. The van der Waals surface area contributed by atoms with Gasteiger partial charge in [0.05, 0.1) is 12.0 Å². The molecule has 92 valence electrons. The highest BCUT2D eigenvalue weighted by atomic mass is 15.1. The van der Waals surface area contributed by atoms with Crippen molar-refractivity contribution in [2.45, 2.75) is 5.92 Å². The zero-order chi connectivity index (χ0) is 13.5. The molecule has 0 bridgehead atoms. The standard InChI is InChI=1S/C15H12N4/c16-10-15(11-18-19-17)14-8-6-13(7-9-14)12-4-2-1-3-5-12/h1-9,15H,11H2/t15-/m1/s1. The summed E-state index contributed by atoms with van der Waals surface area (Å²) < 4.78 is 0. The van der Waals surface area contributed by atoms with Crippen molar-refractivity contribution < 1.29 is 0 Å². The molecule has 4 nitrogen and oxygen atoms in total. The molecule has 1 atom stereocenters. The smallest absolute Gasteiger partial charge is 0.0768 e. The summed E-state index contributed by atoms with van der Waals surface area (Å²) in [6.45, 7) is 0.164. The summed E-state index contributed by atoms with van der Waals surface area (Å²) in [4.78, 5) is 2.69. The Morgan fingerprint density at radius 2 is 1.68 bits per heavy atom. The quantitative estimate of drug-likeness (QED) is 0.452. The van der Waals surface area contributed by atoms with Crippen LogP contribution in [0.4, 0.5) is 0 Å². The molecule has 2 rings (SSSR count). The number of nitrogens with zero attached hydrogens (tertiary/aromatic N) is 4. The van der Waals surface area contributed by atoms with Crippen molar-refractivity contribution in [3.05, 3.63) is 70.6 Å². The van der Waals surface area contributed by atoms with E-state index in [1.807, 2.05) is 54.6 Å². The van der Waals surface area contributed by atoms with Gasteiger partial charge in [-0.1, -0.05) is 59.7 Å². The zero-order valence-corrected chi connectivity index (χ0v) is 10.3. The van der Waals surface area contributed by atoms with Crippen molar-refractivity contribution in [1.82, 2.24) is 0 Å². The molecule has 0 amide bonds. The second kappa shape index (κ2) is 6.25. The molecule has 0 spiro atoms. The van der Waals surface area contributed by atoms with Gasteiger partial charge in [-0.25, -0.2) is 0 Å². The van der Waals surface area contributed by atoms with Crippen LogP contribution in [0.3, 0.4) is 0 Å². The van der Waals surface area contributed by atoms with Crippen molar-refractivity contribution in [2.75, 3.05) is 6.54 Å². The van der Waals surface area contributed by atoms with Gasteiger partial charge in [-0.2, -0.15) is 5.26 Å². The number of hydrogen-bond donors (Lipinski definition) is 0. The Morgan fingerprint density at radius 1 is 1.05 bits per heavy atom. The van der Waals surface area contributed by atoms with Crippen LogP contribution < -0.4 is 0 Å². The van der Waals surface area contributed by atoms with E-state index >= 15 is 0 Å². The van der Waals surface area contributed by atoms with E-state index < -0.39 is 0 Å². The van der Waals surface area contributed by atoms with E-state index in [2.05, 4.69) is 16.1 Å². The van der Waals surface area contributed by atoms with Crippen LogP contribution in [0.25, 0.3) is 21.6 Å². The van der Waals surface area contributed by atoms with Gasteiger partial charge >= 0.3 is 0 Å². The third-order valence-corrected chi connectivity index (χ3v) is 2.90. The van der Waals surface area contributed by atoms with Crippen molar-refractivity contribution >= 4 is 0 Å². The molecule has 0 unspecified atom stereocenters. The Bertz CT molecular complexity index is 619. The molecule has 0 saturated carbocycles. The van der Waals surface area contributed by atoms with Gasteiger partial charge in [0, 0.05) is 11.5 Å². The summed E-state index contributed by atoms with van der Waals surface area (Å²) in [6, 6.07) is 19.9. The maximum atomic E-state index is 9.06. The Kier molecular flexibility index (Phi) is 4.17. The van der Waals surface area contributed by atoms with E-state index in [4.69, 9.17) is 10.8 Å². The predicted octanol–water partition coefficient (Wildman–Crippen LogP) is 4.27. The number of azide groups is 1. The molecule has 2 aromatic rings. The van der Waals surface area contributed by atoms with Crippen LogP contribution >= 0.6 is 0 Å². The maximum Gasteiger partial charge on any atom is 0.0768 e. The average molecular weight is 248 g/mol. The fourth-order valence-electron chi connectivity index (χ4n) is 1.88. The number of rotatable bonds is 4. The number of benzene rings is 2. The molecule has 0 N–H and O–H groups in total. The van der Waals surface area contributed by atoms with E-state index in [1.165, 1.54) is 0 Å². The van der Waals surface area contributed by atoms with Crippen LogP contribution in [0.15, 0.2) is 59.7 Å². The highest BCUT2D eigenvalue weighted by molar-refractivity contribution is 5.63. The summed E-state index contributed by atoms with van der Waals surface area (Å²) in [7, 11) is 0. The van der Waals surface area contributed by atoms with E-state index in [-0.39, 0.29) is 12.5 Å². The summed E-state index contributed by atoms with van der Waals surface area (Å²) >= 11 is 0. The van der Waals surface area contributed by atoms with Crippen LogP contribution in [0, 0.1) is 11.3 Å². The Labute approximate surface area is 111 Å². The van der Waals surface area contributed by atoms with E-state index in [0.717, 1.165) is 16.7 Å². The van der Waals surface area contributed by atoms with Crippen molar-refractivity contribution in [2.24, 2.45) is 5.11 Å². The van der Waals surface area contributed by atoms with E-state index in [9.17, 15) is 0 Å². The monoisotopic (exact) mass is 248 g/mol. The number of nitriles is 1. The minimum absolute atomic E-state index is 0.164. The SMILES string of the molecule is N#C[C@H](CN=[N+]=[N-])c1ccc(-c2ccccc2)cc1. The van der Waals surface area contributed by atoms with E-state index in [0.29, 0.717) is 0 Å². The lowest BCUT2D eigenvalue weighted by Gasteiger charge is -2.07. The molecular weight excluding hydrogens is 236 g/mol. The molecule has 0 saturated heterocycles. The molecule has 0 radical (unpaired) electrons. The van der Waals surface area contributed by atoms with E-state index in [1.54, 1.807) is 0 Å². The zero-order valence-electron chi connectivity index (χ0n) is 10.3. The van der Waals surface area contributed by atoms with Gasteiger partial charge in [-0.15, -0.1) is 0 Å². The number of hydrogen-bond acceptors (Lipinski definition) is 2. The third kappa shape index (κ3) is 3.12. The Balaban J connectivity index is 2.23. The van der Waals surface area contributed by atoms with Crippen LogP contribution in [0.2, 0.25) is 0 Å². The average Bonchev–Trinajstić information content (AvgIpc) is 2.49. The fourth-order valence-corrected chi connectivity index (χ4v) is 1.88. The molecule has 19 heavy (non-hydrogen) atoms. The summed E-state index contributed by atoms with van der Waals surface area (Å²) in [5.41, 5.74) is 11.4. The molecule has 0 aliphatic rings. The van der Waals surface area contributed by atoms with Crippen molar-refractivity contribution in [3.63, 3.8) is 0 Å². The lowest BCUT2D eigenvalue weighted by Crippen LogP contribution is -1.99. The summed E-state index contributed by atoms with van der Waals surface area (Å²) in [5, 5.41) is 12.5. The Hall–Kier alpha value is -2.76. The molecule has 0 aliphatic heterocycles. The van der Waals surface area contributed by atoms with Crippen molar-refractivity contribution in [3.8, 4) is 17.2 Å². The lowest BCUT2D eigenvalue weighted by molar-refractivity contribution is 0.855. The third-order valence-electron chi connectivity index (χ3n) is 2.90. The molecule has 0 fully saturated rings. The first-order valence-electron chi connectivity index (χ1n) is 5.91. The van der Waals surface area contributed by atoms with Gasteiger partial charge < -0.3 is 0 Å². The van der Waals surface area contributed by atoms with Gasteiger partial charge in [0.15, 0.2) is 0 Å². The van der Waals surface area contributed by atoms with Crippen LogP contribution in [0.5, 0.6) is 0 Å². The van der Waals surface area contributed by atoms with Crippen molar-refractivity contribution in [1.29, 1.82) is 5.26 Å². The molecule has 4 heteroatoms. The first kappa shape index (κ1) is 12.7. The highest BCUT2D eigenvalue weighted by Crippen LogP contribution is 2.22. The molecule has 0 heterocycles. The largest absolute Gasteiger partial charge is 0.198 e. The Morgan fingerprint density at radius 3 is 2.26 bits per heavy atom. The molecular formula is C15H12N4. The molecule has 0 aromatic heterocycles. The first-order chi connectivity index (χ1) is 9.35. The second-order valence-corrected chi connectivity index (χ2v) is 4.08. The van der Waals surface area contributed by atoms with Gasteiger partial charge in [0.25, 0.3) is 0 Å². The van der Waals surface area contributed by atoms with Crippen LogP contribution in [-0.4, -0.2) is 6.54 Å². The van der Waals surface area contributed by atoms with Gasteiger partial charge in [-0.05, 0) is 22.2 Å². The van der Waals surface area contributed by atoms with Crippen LogP contribution in [-0.2, 0) is 0 Å². The van der Waals surface area contributed by atoms with Gasteiger partial charge in [0.1, 0.15) is 0 Å². The van der Waals surface area contributed by atoms with Gasteiger partial charge in [-0.3, -0.25) is 0 Å². The summed E-state index contributed by atoms with van der Waals surface area (Å²) in [5.74, 6) is -0.388. The minimum atomic E-state index is -0.388. The predicted molar refractivity (Wildman–Crippen MR) is 74.2 cm³/mol. The minimum Gasteiger partial charge on any atom is -0.198 e. The maximum absolute atomic E-state index is 9.06. The normalized spacial score (nSPS) is 11.1. The molecule has 2 aromatic carbocycles. The topological polar surface area (TPSA) is 72.5 Å². The van der Waals surface area contributed by atoms with Crippen LogP contribution in [0.1, 0.15) is 11.5 Å². The summed E-state index contributed by atoms with van der Waals surface area (Å²) in [6.07, 6.45) is 0.